The van der Waals surface area contributed by atoms with E-state index < -0.39 is 6.10 Å². The van der Waals surface area contributed by atoms with E-state index in [0.29, 0.717) is 18.2 Å². The Balaban J connectivity index is 1.82. The van der Waals surface area contributed by atoms with E-state index in [1.165, 1.54) is 0 Å². The molecule has 0 fully saturated rings. The predicted molar refractivity (Wildman–Crippen MR) is 85.2 cm³/mol. The maximum atomic E-state index is 10.4. The van der Waals surface area contributed by atoms with Crippen LogP contribution in [0.5, 0.6) is 0 Å². The van der Waals surface area contributed by atoms with E-state index in [2.05, 4.69) is 34.9 Å². The summed E-state index contributed by atoms with van der Waals surface area (Å²) in [4.78, 5) is 0. The molecule has 21 heavy (non-hydrogen) atoms. The highest BCUT2D eigenvalue weighted by molar-refractivity contribution is 9.10. The van der Waals surface area contributed by atoms with E-state index in [-0.39, 0.29) is 0 Å². The Hall–Kier alpha value is -1.59. The summed E-state index contributed by atoms with van der Waals surface area (Å²) in [7, 11) is 0. The van der Waals surface area contributed by atoms with E-state index in [0.717, 1.165) is 21.1 Å². The first-order valence-corrected chi connectivity index (χ1v) is 7.74. The summed E-state index contributed by atoms with van der Waals surface area (Å²) < 4.78 is 8.53. The van der Waals surface area contributed by atoms with Crippen LogP contribution in [0.1, 0.15) is 37.4 Å². The van der Waals surface area contributed by atoms with Crippen LogP contribution in [0.3, 0.4) is 0 Å². The number of rotatable bonds is 4. The molecule has 3 rings (SSSR count). The number of fused-ring (bicyclic) bond motifs is 1. The number of halogens is 1. The van der Waals surface area contributed by atoms with E-state index in [4.69, 9.17) is 4.42 Å². The third-order valence-corrected chi connectivity index (χ3v) is 4.06. The Morgan fingerprint density at radius 2 is 2.14 bits per heavy atom. The van der Waals surface area contributed by atoms with Gasteiger partial charge in [0.2, 0.25) is 0 Å². The van der Waals surface area contributed by atoms with E-state index in [9.17, 15) is 5.11 Å². The Bertz CT molecular complexity index is 761. The molecule has 1 N–H and O–H groups in total. The van der Waals surface area contributed by atoms with Crippen molar-refractivity contribution in [2.45, 2.75) is 32.4 Å². The van der Waals surface area contributed by atoms with Gasteiger partial charge in [0.15, 0.2) is 0 Å². The van der Waals surface area contributed by atoms with Crippen molar-refractivity contribution < 1.29 is 9.52 Å². The molecule has 0 spiro atoms. The van der Waals surface area contributed by atoms with Gasteiger partial charge >= 0.3 is 0 Å². The fourth-order valence-electron chi connectivity index (χ4n) is 2.28. The minimum absolute atomic E-state index is 0.318. The lowest BCUT2D eigenvalue weighted by Gasteiger charge is -2.06. The lowest BCUT2D eigenvalue weighted by molar-refractivity contribution is 0.151. The summed E-state index contributed by atoms with van der Waals surface area (Å²) in [6.45, 7) is 4.15. The molecule has 0 saturated heterocycles. The third-order valence-electron chi connectivity index (χ3n) is 3.44. The molecule has 0 saturated carbocycles. The zero-order chi connectivity index (χ0) is 15.0. The van der Waals surface area contributed by atoms with Gasteiger partial charge in [-0.1, -0.05) is 12.1 Å². The first-order chi connectivity index (χ1) is 10.0. The number of aromatic nitrogens is 2. The van der Waals surface area contributed by atoms with E-state index in [1.807, 2.05) is 41.2 Å². The lowest BCUT2D eigenvalue weighted by atomic mass is 10.1. The van der Waals surface area contributed by atoms with Crippen LogP contribution >= 0.6 is 15.9 Å². The molecule has 0 aliphatic carbocycles. The van der Waals surface area contributed by atoms with Gasteiger partial charge in [0.1, 0.15) is 17.4 Å². The SMILES string of the molecule is CC(C)n1ccc(CC(O)c2cc3cccc(Br)c3o2)n1. The Kier molecular flexibility index (Phi) is 3.87. The summed E-state index contributed by atoms with van der Waals surface area (Å²) in [6.07, 6.45) is 1.68. The van der Waals surface area contributed by atoms with Gasteiger partial charge in [0, 0.05) is 24.0 Å². The molecular weight excluding hydrogens is 332 g/mol. The first kappa shape index (κ1) is 14.4. The molecular formula is C16H17BrN2O2. The topological polar surface area (TPSA) is 51.2 Å². The Morgan fingerprint density at radius 3 is 2.81 bits per heavy atom. The molecule has 5 heteroatoms. The van der Waals surface area contributed by atoms with Crippen LogP contribution in [0.15, 0.2) is 45.4 Å². The van der Waals surface area contributed by atoms with E-state index in [1.54, 1.807) is 0 Å². The zero-order valence-corrected chi connectivity index (χ0v) is 13.5. The average molecular weight is 349 g/mol. The molecule has 1 aromatic carbocycles. The highest BCUT2D eigenvalue weighted by Gasteiger charge is 2.16. The number of furan rings is 1. The molecule has 1 unspecified atom stereocenters. The summed E-state index contributed by atoms with van der Waals surface area (Å²) in [5.41, 5.74) is 1.62. The van der Waals surface area contributed by atoms with Gasteiger partial charge < -0.3 is 9.52 Å². The van der Waals surface area contributed by atoms with Crippen molar-refractivity contribution in [1.82, 2.24) is 9.78 Å². The monoisotopic (exact) mass is 348 g/mol. The van der Waals surface area contributed by atoms with Crippen LogP contribution in [0.25, 0.3) is 11.0 Å². The lowest BCUT2D eigenvalue weighted by Crippen LogP contribution is -2.04. The van der Waals surface area contributed by atoms with Crippen LogP contribution < -0.4 is 0 Å². The molecule has 0 amide bonds. The molecule has 0 radical (unpaired) electrons. The van der Waals surface area contributed by atoms with Crippen molar-refractivity contribution in [1.29, 1.82) is 0 Å². The second-order valence-electron chi connectivity index (χ2n) is 5.41. The van der Waals surface area contributed by atoms with Crippen molar-refractivity contribution in [2.24, 2.45) is 0 Å². The minimum Gasteiger partial charge on any atom is -0.457 e. The number of benzene rings is 1. The maximum absolute atomic E-state index is 10.4. The largest absolute Gasteiger partial charge is 0.457 e. The molecule has 2 heterocycles. The van der Waals surface area contributed by atoms with E-state index >= 15 is 0 Å². The Labute approximate surface area is 131 Å². The second-order valence-corrected chi connectivity index (χ2v) is 6.26. The Morgan fingerprint density at radius 1 is 1.33 bits per heavy atom. The highest BCUT2D eigenvalue weighted by atomic mass is 79.9. The van der Waals surface area contributed by atoms with Gasteiger partial charge in [-0.3, -0.25) is 4.68 Å². The number of hydrogen-bond donors (Lipinski definition) is 1. The number of aliphatic hydroxyl groups is 1. The third kappa shape index (κ3) is 2.89. The molecule has 1 atom stereocenters. The number of hydrogen-bond acceptors (Lipinski definition) is 3. The number of nitrogens with zero attached hydrogens (tertiary/aromatic N) is 2. The van der Waals surface area contributed by atoms with Gasteiger partial charge in [-0.05, 0) is 48.0 Å². The second kappa shape index (κ2) is 5.66. The highest BCUT2D eigenvalue weighted by Crippen LogP contribution is 2.30. The molecule has 4 nitrogen and oxygen atoms in total. The van der Waals surface area contributed by atoms with Crippen LogP contribution in [0, 0.1) is 0 Å². The van der Waals surface area contributed by atoms with Gasteiger partial charge in [0.05, 0.1) is 10.2 Å². The van der Waals surface area contributed by atoms with Crippen molar-refractivity contribution in [3.63, 3.8) is 0 Å². The standard InChI is InChI=1S/C16H17BrN2O2/c1-10(2)19-7-6-12(18-19)9-14(20)15-8-11-4-3-5-13(17)16(11)21-15/h3-8,10,14,20H,9H2,1-2H3. The molecule has 0 aliphatic rings. The summed E-state index contributed by atoms with van der Waals surface area (Å²) in [5.74, 6) is 0.566. The first-order valence-electron chi connectivity index (χ1n) is 6.94. The normalized spacial score (nSPS) is 13.2. The van der Waals surface area contributed by atoms with Crippen LogP contribution in [0.2, 0.25) is 0 Å². The maximum Gasteiger partial charge on any atom is 0.148 e. The number of aliphatic hydroxyl groups excluding tert-OH is 1. The smallest absolute Gasteiger partial charge is 0.148 e. The quantitative estimate of drug-likeness (QED) is 0.766. The van der Waals surface area contributed by atoms with Gasteiger partial charge in [-0.2, -0.15) is 5.10 Å². The van der Waals surface area contributed by atoms with Crippen molar-refractivity contribution in [3.8, 4) is 0 Å². The number of para-hydroxylation sites is 1. The average Bonchev–Trinajstić information content (AvgIpc) is 3.05. The molecule has 110 valence electrons. The van der Waals surface area contributed by atoms with Crippen molar-refractivity contribution in [3.05, 3.63) is 52.5 Å². The molecule has 2 aromatic heterocycles. The fraction of sp³-hybridized carbons (Fsp3) is 0.312. The van der Waals surface area contributed by atoms with Gasteiger partial charge in [0.25, 0.3) is 0 Å². The summed E-state index contributed by atoms with van der Waals surface area (Å²) in [5, 5.41) is 15.8. The van der Waals surface area contributed by atoms with Crippen LogP contribution in [-0.2, 0) is 6.42 Å². The minimum atomic E-state index is -0.695. The molecule has 3 aromatic rings. The summed E-state index contributed by atoms with van der Waals surface area (Å²) >= 11 is 3.45. The zero-order valence-electron chi connectivity index (χ0n) is 12.0. The fourth-order valence-corrected chi connectivity index (χ4v) is 2.75. The summed E-state index contributed by atoms with van der Waals surface area (Å²) in [6, 6.07) is 9.96. The molecule has 0 aliphatic heterocycles. The van der Waals surface area contributed by atoms with Gasteiger partial charge in [-0.15, -0.1) is 0 Å². The van der Waals surface area contributed by atoms with Crippen molar-refractivity contribution >= 4 is 26.9 Å². The molecule has 0 bridgehead atoms. The van der Waals surface area contributed by atoms with Crippen LogP contribution in [0.4, 0.5) is 0 Å². The van der Waals surface area contributed by atoms with Crippen LogP contribution in [-0.4, -0.2) is 14.9 Å². The predicted octanol–water partition coefficient (Wildman–Crippen LogP) is 4.25. The van der Waals surface area contributed by atoms with Crippen molar-refractivity contribution in [2.75, 3.05) is 0 Å². The van der Waals surface area contributed by atoms with Gasteiger partial charge in [-0.25, -0.2) is 0 Å².